The molecule has 0 fully saturated rings. The van der Waals surface area contributed by atoms with Gasteiger partial charge >= 0.3 is 0 Å². The molecule has 0 radical (unpaired) electrons. The quantitative estimate of drug-likeness (QED) is 0.138. The predicted molar refractivity (Wildman–Crippen MR) is 240 cm³/mol. The number of fused-ring (bicyclic) bond motifs is 5. The van der Waals surface area contributed by atoms with Crippen molar-refractivity contribution in [1.82, 2.24) is 0 Å². The number of ether oxygens (including phenoxy) is 2. The molecule has 0 aromatic heterocycles. The third kappa shape index (κ3) is 6.34. The topological polar surface area (TPSA) is 58.9 Å². The number of benzene rings is 9. The summed E-state index contributed by atoms with van der Waals surface area (Å²) in [5, 5.41) is 24.4. The van der Waals surface area contributed by atoms with Crippen molar-refractivity contribution in [2.24, 2.45) is 0 Å². The van der Waals surface area contributed by atoms with Crippen LogP contribution in [0.4, 0.5) is 0 Å². The van der Waals surface area contributed by atoms with E-state index in [9.17, 15) is 10.2 Å². The Morgan fingerprint density at radius 1 is 0.339 bits per heavy atom. The Morgan fingerprint density at radius 3 is 1.41 bits per heavy atom. The minimum Gasteiger partial charge on any atom is -0.491 e. The first-order chi connectivity index (χ1) is 29.1. The fourth-order valence-electron chi connectivity index (χ4n) is 9.13. The molecule has 0 amide bonds. The predicted octanol–water partition coefficient (Wildman–Crippen LogP) is 12.1. The Bertz CT molecular complexity index is 2850. The lowest BCUT2D eigenvalue weighted by atomic mass is 9.66. The van der Waals surface area contributed by atoms with Gasteiger partial charge in [-0.15, -0.1) is 0 Å². The molecule has 9 aromatic rings. The maximum atomic E-state index is 9.89. The SMILES string of the molecule is OCCOc1ccc(C2(c3ccc(OCCO)c(-c4ccc5ccccc5c4)c3)c3ccccc3-c3ccc(-c4ccccc4)cc32)cc1-c1ccc2ccccc2c1. The van der Waals surface area contributed by atoms with Gasteiger partial charge in [0.2, 0.25) is 0 Å². The first-order valence-electron chi connectivity index (χ1n) is 20.2. The van der Waals surface area contributed by atoms with Crippen molar-refractivity contribution in [1.29, 1.82) is 0 Å². The van der Waals surface area contributed by atoms with Gasteiger partial charge in [-0.25, -0.2) is 0 Å². The third-order valence-electron chi connectivity index (χ3n) is 11.8. The van der Waals surface area contributed by atoms with Crippen LogP contribution in [-0.4, -0.2) is 36.6 Å². The number of rotatable bonds is 11. The molecule has 0 atom stereocenters. The molecule has 4 heteroatoms. The maximum Gasteiger partial charge on any atom is 0.127 e. The van der Waals surface area contributed by atoms with Gasteiger partial charge in [-0.3, -0.25) is 0 Å². The van der Waals surface area contributed by atoms with Crippen LogP contribution < -0.4 is 9.47 Å². The van der Waals surface area contributed by atoms with Gasteiger partial charge in [0.25, 0.3) is 0 Å². The highest BCUT2D eigenvalue weighted by atomic mass is 16.5. The summed E-state index contributed by atoms with van der Waals surface area (Å²) in [4.78, 5) is 0. The Hall–Kier alpha value is -6.98. The van der Waals surface area contributed by atoms with Crippen LogP contribution in [0.1, 0.15) is 22.3 Å². The van der Waals surface area contributed by atoms with E-state index in [1.165, 1.54) is 33.0 Å². The van der Waals surface area contributed by atoms with E-state index in [1.54, 1.807) is 0 Å². The van der Waals surface area contributed by atoms with E-state index in [4.69, 9.17) is 9.47 Å². The van der Waals surface area contributed by atoms with Crippen LogP contribution in [0.25, 0.3) is 66.1 Å². The first kappa shape index (κ1) is 36.4. The van der Waals surface area contributed by atoms with E-state index < -0.39 is 5.41 Å². The normalized spacial score (nSPS) is 12.6. The molecule has 59 heavy (non-hydrogen) atoms. The molecular formula is C55H42O4. The molecule has 286 valence electrons. The van der Waals surface area contributed by atoms with E-state index >= 15 is 0 Å². The monoisotopic (exact) mass is 766 g/mol. The molecule has 1 aliphatic rings. The summed E-state index contributed by atoms with van der Waals surface area (Å²) < 4.78 is 12.6. The highest BCUT2D eigenvalue weighted by molar-refractivity contribution is 5.93. The van der Waals surface area contributed by atoms with E-state index in [0.29, 0.717) is 11.5 Å². The second kappa shape index (κ2) is 15.4. The van der Waals surface area contributed by atoms with Crippen molar-refractivity contribution < 1.29 is 19.7 Å². The molecule has 0 saturated heterocycles. The number of aliphatic hydroxyl groups excluding tert-OH is 2. The Labute approximate surface area is 344 Å². The lowest BCUT2D eigenvalue weighted by Gasteiger charge is -2.35. The fraction of sp³-hybridized carbons (Fsp3) is 0.0909. The highest BCUT2D eigenvalue weighted by Gasteiger charge is 2.47. The molecule has 0 unspecified atom stereocenters. The number of hydrogen-bond acceptors (Lipinski definition) is 4. The molecule has 0 aliphatic heterocycles. The molecule has 2 N–H and O–H groups in total. The average Bonchev–Trinajstić information content (AvgIpc) is 3.60. The van der Waals surface area contributed by atoms with E-state index in [-0.39, 0.29) is 26.4 Å². The second-order valence-corrected chi connectivity index (χ2v) is 15.1. The summed E-state index contributed by atoms with van der Waals surface area (Å²) in [6.07, 6.45) is 0. The van der Waals surface area contributed by atoms with Crippen LogP contribution in [0.15, 0.2) is 194 Å². The third-order valence-corrected chi connectivity index (χ3v) is 11.8. The van der Waals surface area contributed by atoms with Crippen molar-refractivity contribution in [2.75, 3.05) is 26.4 Å². The van der Waals surface area contributed by atoms with E-state index in [1.807, 2.05) is 0 Å². The molecule has 0 heterocycles. The van der Waals surface area contributed by atoms with Gasteiger partial charge < -0.3 is 19.7 Å². The fourth-order valence-corrected chi connectivity index (χ4v) is 9.13. The number of aliphatic hydroxyl groups is 2. The minimum atomic E-state index is -0.779. The number of hydrogen-bond donors (Lipinski definition) is 2. The van der Waals surface area contributed by atoms with Crippen LogP contribution in [-0.2, 0) is 5.41 Å². The molecule has 1 aliphatic carbocycles. The average molecular weight is 767 g/mol. The second-order valence-electron chi connectivity index (χ2n) is 15.1. The van der Waals surface area contributed by atoms with Crippen LogP contribution >= 0.6 is 0 Å². The smallest absolute Gasteiger partial charge is 0.127 e. The zero-order chi connectivity index (χ0) is 39.8. The molecule has 10 rings (SSSR count). The largest absolute Gasteiger partial charge is 0.491 e. The lowest BCUT2D eigenvalue weighted by Crippen LogP contribution is -2.29. The molecule has 9 aromatic carbocycles. The van der Waals surface area contributed by atoms with Crippen molar-refractivity contribution >= 4 is 21.5 Å². The summed E-state index contributed by atoms with van der Waals surface area (Å²) in [5.41, 5.74) is 12.4. The van der Waals surface area contributed by atoms with Gasteiger partial charge in [0.05, 0.1) is 18.6 Å². The van der Waals surface area contributed by atoms with Gasteiger partial charge in [-0.1, -0.05) is 152 Å². The highest BCUT2D eigenvalue weighted by Crippen LogP contribution is 2.58. The van der Waals surface area contributed by atoms with Crippen molar-refractivity contribution in [3.8, 4) is 56.0 Å². The summed E-state index contributed by atoms with van der Waals surface area (Å²) >= 11 is 0. The molecule has 0 spiro atoms. The molecular weight excluding hydrogens is 725 g/mol. The minimum absolute atomic E-state index is 0.0892. The Balaban J connectivity index is 1.29. The lowest BCUT2D eigenvalue weighted by molar-refractivity contribution is 0.202. The van der Waals surface area contributed by atoms with Gasteiger partial charge in [0, 0.05) is 11.1 Å². The van der Waals surface area contributed by atoms with Crippen molar-refractivity contribution in [3.05, 3.63) is 216 Å². The summed E-state index contributed by atoms with van der Waals surface area (Å²) in [5.74, 6) is 1.42. The van der Waals surface area contributed by atoms with Crippen molar-refractivity contribution in [2.45, 2.75) is 5.41 Å². The summed E-state index contributed by atoms with van der Waals surface area (Å²) in [7, 11) is 0. The van der Waals surface area contributed by atoms with Crippen molar-refractivity contribution in [3.63, 3.8) is 0 Å². The standard InChI is InChI=1S/C55H42O4/c56-28-30-58-53-26-23-45(35-49(53)43-20-18-38-12-4-6-14-40(38)32-43)55(51-17-9-8-16-47(51)48-25-22-42(34-52(48)55)37-10-2-1-3-11-37)46-24-27-54(59-31-29-57)50(36-46)44-21-19-39-13-5-7-15-41(39)33-44/h1-27,32-36,56-57H,28-31H2. The molecule has 0 saturated carbocycles. The van der Waals surface area contributed by atoms with Gasteiger partial charge in [-0.05, 0) is 120 Å². The maximum absolute atomic E-state index is 9.89. The van der Waals surface area contributed by atoms with Crippen LogP contribution in [0.5, 0.6) is 11.5 Å². The van der Waals surface area contributed by atoms with E-state index in [0.717, 1.165) is 55.3 Å². The molecule has 4 nitrogen and oxygen atoms in total. The Morgan fingerprint density at radius 2 is 0.831 bits per heavy atom. The van der Waals surface area contributed by atoms with Gasteiger partial charge in [0.15, 0.2) is 0 Å². The van der Waals surface area contributed by atoms with Crippen LogP contribution in [0.2, 0.25) is 0 Å². The zero-order valence-corrected chi connectivity index (χ0v) is 32.5. The summed E-state index contributed by atoms with van der Waals surface area (Å²) in [6, 6.07) is 69.3. The Kier molecular flexibility index (Phi) is 9.50. The summed E-state index contributed by atoms with van der Waals surface area (Å²) in [6.45, 7) is 0.186. The molecule has 0 bridgehead atoms. The van der Waals surface area contributed by atoms with Gasteiger partial charge in [-0.2, -0.15) is 0 Å². The zero-order valence-electron chi connectivity index (χ0n) is 32.5. The van der Waals surface area contributed by atoms with Gasteiger partial charge in [0.1, 0.15) is 24.7 Å². The van der Waals surface area contributed by atoms with Crippen LogP contribution in [0.3, 0.4) is 0 Å². The van der Waals surface area contributed by atoms with E-state index in [2.05, 4.69) is 194 Å². The first-order valence-corrected chi connectivity index (χ1v) is 20.2. The van der Waals surface area contributed by atoms with Crippen LogP contribution in [0, 0.1) is 0 Å².